The number of imide groups is 1. The zero-order valence-electron chi connectivity index (χ0n) is 19.9. The molecule has 0 aliphatic carbocycles. The molecule has 1 saturated heterocycles. The molecule has 1 aliphatic rings. The van der Waals surface area contributed by atoms with Crippen molar-refractivity contribution in [3.05, 3.63) is 35.9 Å². The van der Waals surface area contributed by atoms with E-state index in [-0.39, 0.29) is 18.2 Å². The number of rotatable bonds is 12. The average molecular weight is 458 g/mol. The number of carbonyl (C=O) groups is 5. The van der Waals surface area contributed by atoms with Gasteiger partial charge in [0.2, 0.25) is 23.6 Å². The van der Waals surface area contributed by atoms with E-state index in [1.165, 1.54) is 6.92 Å². The molecule has 4 atom stereocenters. The van der Waals surface area contributed by atoms with Gasteiger partial charge in [-0.1, -0.05) is 70.9 Å². The number of ketones is 1. The third-order valence-corrected chi connectivity index (χ3v) is 5.97. The lowest BCUT2D eigenvalue weighted by Crippen LogP contribution is -2.49. The van der Waals surface area contributed by atoms with Crippen molar-refractivity contribution in [2.24, 2.45) is 17.8 Å². The number of amides is 4. The minimum absolute atomic E-state index is 0.0502. The van der Waals surface area contributed by atoms with Gasteiger partial charge in [0.15, 0.2) is 5.78 Å². The predicted octanol–water partition coefficient (Wildman–Crippen LogP) is 2.43. The second-order valence-corrected chi connectivity index (χ2v) is 9.00. The molecular weight excluding hydrogens is 422 g/mol. The monoisotopic (exact) mass is 457 g/mol. The standard InChI is InChI=1S/C25H35N3O5/c1-5-6-8-13-19(29)26-18(17-11-9-7-10-12-17)14-20(30)27-22(15(2)3)23(31)21-16(4)24(32)28-25(21)33/h7,9-12,15-16,18,21-22H,5-6,8,13-14H2,1-4H3,(H,26,29)(H,27,30)(H,28,32,33)/t16-,18-,21+,22-/m0/s1. The first-order chi connectivity index (χ1) is 15.6. The van der Waals surface area contributed by atoms with Crippen LogP contribution >= 0.6 is 0 Å². The molecular formula is C25H35N3O5. The molecule has 1 heterocycles. The molecule has 3 N–H and O–H groups in total. The van der Waals surface area contributed by atoms with Crippen molar-refractivity contribution in [1.29, 1.82) is 0 Å². The molecule has 0 radical (unpaired) electrons. The van der Waals surface area contributed by atoms with Crippen LogP contribution in [0.15, 0.2) is 30.3 Å². The lowest BCUT2D eigenvalue weighted by molar-refractivity contribution is -0.137. The normalized spacial score (nSPS) is 19.7. The van der Waals surface area contributed by atoms with Gasteiger partial charge < -0.3 is 10.6 Å². The highest BCUT2D eigenvalue weighted by molar-refractivity contribution is 6.16. The van der Waals surface area contributed by atoms with Gasteiger partial charge in [-0.2, -0.15) is 0 Å². The average Bonchev–Trinajstić information content (AvgIpc) is 3.03. The summed E-state index contributed by atoms with van der Waals surface area (Å²) in [5.74, 6) is -4.30. The third-order valence-electron chi connectivity index (χ3n) is 5.97. The maximum atomic E-state index is 13.1. The summed E-state index contributed by atoms with van der Waals surface area (Å²) >= 11 is 0. The topological polar surface area (TPSA) is 121 Å². The Labute approximate surface area is 195 Å². The Kier molecular flexibility index (Phi) is 9.75. The highest BCUT2D eigenvalue weighted by Gasteiger charge is 2.46. The summed E-state index contributed by atoms with van der Waals surface area (Å²) in [6.07, 6.45) is 3.07. The van der Waals surface area contributed by atoms with E-state index in [1.807, 2.05) is 30.3 Å². The Hall–Kier alpha value is -3.03. The Morgan fingerprint density at radius 2 is 1.64 bits per heavy atom. The number of unbranched alkanes of at least 4 members (excludes halogenated alkanes) is 2. The van der Waals surface area contributed by atoms with Gasteiger partial charge in [-0.3, -0.25) is 29.3 Å². The van der Waals surface area contributed by atoms with E-state index in [0.29, 0.717) is 6.42 Å². The van der Waals surface area contributed by atoms with Crippen LogP contribution in [0.25, 0.3) is 0 Å². The van der Waals surface area contributed by atoms with Gasteiger partial charge in [0.1, 0.15) is 5.92 Å². The number of hydrogen-bond acceptors (Lipinski definition) is 5. The molecule has 1 fully saturated rings. The number of carbonyl (C=O) groups excluding carboxylic acids is 5. The minimum Gasteiger partial charge on any atom is -0.349 e. The van der Waals surface area contributed by atoms with E-state index in [0.717, 1.165) is 24.8 Å². The first-order valence-electron chi connectivity index (χ1n) is 11.7. The van der Waals surface area contributed by atoms with Crippen LogP contribution in [0.3, 0.4) is 0 Å². The van der Waals surface area contributed by atoms with Gasteiger partial charge in [0.25, 0.3) is 0 Å². The number of Topliss-reactive ketones (excluding diaryl/α,β-unsaturated/α-hetero) is 1. The van der Waals surface area contributed by atoms with Crippen LogP contribution in [0.1, 0.15) is 71.4 Å². The third kappa shape index (κ3) is 7.23. The fourth-order valence-electron chi connectivity index (χ4n) is 3.98. The summed E-state index contributed by atoms with van der Waals surface area (Å²) < 4.78 is 0. The molecule has 0 bridgehead atoms. The molecule has 1 aliphatic heterocycles. The molecule has 0 unspecified atom stereocenters. The molecule has 4 amide bonds. The van der Waals surface area contributed by atoms with Gasteiger partial charge >= 0.3 is 0 Å². The molecule has 33 heavy (non-hydrogen) atoms. The number of nitrogens with one attached hydrogen (secondary N) is 3. The summed E-state index contributed by atoms with van der Waals surface area (Å²) in [7, 11) is 0. The van der Waals surface area contributed by atoms with E-state index < -0.39 is 47.4 Å². The minimum atomic E-state index is -1.12. The van der Waals surface area contributed by atoms with Crippen molar-refractivity contribution in [1.82, 2.24) is 16.0 Å². The van der Waals surface area contributed by atoms with E-state index in [4.69, 9.17) is 0 Å². The lowest BCUT2D eigenvalue weighted by atomic mass is 9.85. The SMILES string of the molecule is CCCCCC(=O)N[C@@H](CC(=O)N[C@H](C(=O)[C@@H]1C(=O)NC(=O)[C@H]1C)C(C)C)c1ccccc1. The Balaban J connectivity index is 2.11. The highest BCUT2D eigenvalue weighted by atomic mass is 16.2. The van der Waals surface area contributed by atoms with Crippen LogP contribution in [-0.4, -0.2) is 35.5 Å². The zero-order valence-corrected chi connectivity index (χ0v) is 19.9. The molecule has 1 aromatic rings. The largest absolute Gasteiger partial charge is 0.349 e. The van der Waals surface area contributed by atoms with Gasteiger partial charge in [0, 0.05) is 6.42 Å². The van der Waals surface area contributed by atoms with Crippen LogP contribution < -0.4 is 16.0 Å². The first-order valence-corrected chi connectivity index (χ1v) is 11.7. The van der Waals surface area contributed by atoms with E-state index in [1.54, 1.807) is 13.8 Å². The zero-order chi connectivity index (χ0) is 24.5. The maximum Gasteiger partial charge on any atom is 0.238 e. The Bertz CT molecular complexity index is 868. The fourth-order valence-corrected chi connectivity index (χ4v) is 3.98. The second-order valence-electron chi connectivity index (χ2n) is 9.00. The molecule has 2 rings (SSSR count). The van der Waals surface area contributed by atoms with E-state index >= 15 is 0 Å². The van der Waals surface area contributed by atoms with Crippen molar-refractivity contribution < 1.29 is 24.0 Å². The van der Waals surface area contributed by atoms with Crippen molar-refractivity contribution in [3.8, 4) is 0 Å². The number of hydrogen-bond donors (Lipinski definition) is 3. The lowest BCUT2D eigenvalue weighted by Gasteiger charge is -2.26. The van der Waals surface area contributed by atoms with Crippen LogP contribution in [0.2, 0.25) is 0 Å². The quantitative estimate of drug-likeness (QED) is 0.253. The molecule has 1 aromatic carbocycles. The van der Waals surface area contributed by atoms with Crippen LogP contribution in [-0.2, 0) is 24.0 Å². The van der Waals surface area contributed by atoms with Gasteiger partial charge in [-0.25, -0.2) is 0 Å². The number of benzene rings is 1. The fraction of sp³-hybridized carbons (Fsp3) is 0.560. The predicted molar refractivity (Wildman–Crippen MR) is 124 cm³/mol. The first kappa shape index (κ1) is 26.2. The molecule has 0 aromatic heterocycles. The highest BCUT2D eigenvalue weighted by Crippen LogP contribution is 2.24. The Morgan fingerprint density at radius 1 is 0.970 bits per heavy atom. The molecule has 0 saturated carbocycles. The van der Waals surface area contributed by atoms with E-state index in [9.17, 15) is 24.0 Å². The van der Waals surface area contributed by atoms with Gasteiger partial charge in [0.05, 0.1) is 24.4 Å². The van der Waals surface area contributed by atoms with Gasteiger partial charge in [-0.15, -0.1) is 0 Å². The summed E-state index contributed by atoms with van der Waals surface area (Å²) in [6.45, 7) is 7.13. The summed E-state index contributed by atoms with van der Waals surface area (Å²) in [6, 6.07) is 7.74. The van der Waals surface area contributed by atoms with Crippen molar-refractivity contribution in [2.75, 3.05) is 0 Å². The van der Waals surface area contributed by atoms with Crippen LogP contribution in [0.4, 0.5) is 0 Å². The van der Waals surface area contributed by atoms with Gasteiger partial charge in [-0.05, 0) is 17.9 Å². The summed E-state index contributed by atoms with van der Waals surface area (Å²) in [4.78, 5) is 62.4. The van der Waals surface area contributed by atoms with Crippen LogP contribution in [0, 0.1) is 17.8 Å². The summed E-state index contributed by atoms with van der Waals surface area (Å²) in [5, 5.41) is 7.86. The summed E-state index contributed by atoms with van der Waals surface area (Å²) in [5.41, 5.74) is 0.790. The van der Waals surface area contributed by atoms with Crippen molar-refractivity contribution in [3.63, 3.8) is 0 Å². The van der Waals surface area contributed by atoms with Crippen molar-refractivity contribution >= 4 is 29.4 Å². The van der Waals surface area contributed by atoms with Crippen LogP contribution in [0.5, 0.6) is 0 Å². The molecule has 0 spiro atoms. The Morgan fingerprint density at radius 3 is 2.18 bits per heavy atom. The maximum absolute atomic E-state index is 13.1. The smallest absolute Gasteiger partial charge is 0.238 e. The molecule has 8 heteroatoms. The van der Waals surface area contributed by atoms with E-state index in [2.05, 4.69) is 22.9 Å². The molecule has 180 valence electrons. The van der Waals surface area contributed by atoms with Crippen molar-refractivity contribution in [2.45, 2.75) is 71.9 Å². The molecule has 8 nitrogen and oxygen atoms in total. The second kappa shape index (κ2) is 12.3.